The van der Waals surface area contributed by atoms with Gasteiger partial charge in [-0.1, -0.05) is 18.2 Å². The number of nitrogens with zero attached hydrogens (tertiary/aromatic N) is 3. The predicted octanol–water partition coefficient (Wildman–Crippen LogP) is 2.68. The molecule has 5 heteroatoms. The Kier molecular flexibility index (Phi) is 4.10. The molecule has 1 amide bonds. The summed E-state index contributed by atoms with van der Waals surface area (Å²) in [5, 5.41) is 8.12. The first-order valence-corrected chi connectivity index (χ1v) is 8.95. The van der Waals surface area contributed by atoms with Crippen LogP contribution in [0, 0.1) is 0 Å². The Morgan fingerprint density at radius 1 is 1.21 bits per heavy atom. The number of anilines is 1. The largest absolute Gasteiger partial charge is 0.311 e. The van der Waals surface area contributed by atoms with Crippen molar-refractivity contribution in [3.8, 4) is 0 Å². The van der Waals surface area contributed by atoms with Crippen molar-refractivity contribution in [2.75, 3.05) is 11.4 Å². The van der Waals surface area contributed by atoms with Crippen LogP contribution in [0.15, 0.2) is 36.5 Å². The summed E-state index contributed by atoms with van der Waals surface area (Å²) >= 11 is 0. The zero-order chi connectivity index (χ0) is 16.5. The number of amides is 1. The van der Waals surface area contributed by atoms with Crippen molar-refractivity contribution in [2.24, 2.45) is 0 Å². The van der Waals surface area contributed by atoms with E-state index in [2.05, 4.69) is 22.0 Å². The lowest BCUT2D eigenvalue weighted by molar-refractivity contribution is -0.119. The van der Waals surface area contributed by atoms with Gasteiger partial charge < -0.3 is 4.90 Å². The van der Waals surface area contributed by atoms with Gasteiger partial charge in [0.2, 0.25) is 5.91 Å². The molecule has 4 rings (SSSR count). The summed E-state index contributed by atoms with van der Waals surface area (Å²) < 4.78 is 2.09. The van der Waals surface area contributed by atoms with E-state index in [1.165, 1.54) is 11.3 Å². The van der Waals surface area contributed by atoms with Gasteiger partial charge in [0.25, 0.3) is 0 Å². The van der Waals surface area contributed by atoms with Crippen LogP contribution in [0.3, 0.4) is 0 Å². The highest BCUT2D eigenvalue weighted by Crippen LogP contribution is 2.31. The normalized spacial score (nSPS) is 23.5. The molecule has 2 aliphatic rings. The van der Waals surface area contributed by atoms with Crippen molar-refractivity contribution in [2.45, 2.75) is 51.2 Å². The van der Waals surface area contributed by atoms with Crippen molar-refractivity contribution in [3.63, 3.8) is 0 Å². The second kappa shape index (κ2) is 6.40. The Morgan fingerprint density at radius 2 is 2.04 bits per heavy atom. The number of para-hydroxylation sites is 1. The van der Waals surface area contributed by atoms with Crippen molar-refractivity contribution in [3.05, 3.63) is 47.8 Å². The summed E-state index contributed by atoms with van der Waals surface area (Å²) in [6.07, 6.45) is 6.18. The second-order valence-electron chi connectivity index (χ2n) is 6.64. The average Bonchev–Trinajstić information content (AvgIpc) is 3.20. The quantitative estimate of drug-likeness (QED) is 0.941. The number of fused-ring (bicyclic) bond motifs is 1. The van der Waals surface area contributed by atoms with Crippen LogP contribution in [0.4, 0.5) is 5.69 Å². The Morgan fingerprint density at radius 3 is 2.83 bits per heavy atom. The maximum atomic E-state index is 12.8. The molecular formula is C19H24N4O. The zero-order valence-corrected chi connectivity index (χ0v) is 14.1. The molecule has 24 heavy (non-hydrogen) atoms. The molecule has 1 fully saturated rings. The first-order valence-electron chi connectivity index (χ1n) is 8.95. The minimum atomic E-state index is -0.0915. The molecule has 0 saturated carbocycles. The molecule has 1 aliphatic heterocycles. The van der Waals surface area contributed by atoms with E-state index in [-0.39, 0.29) is 18.0 Å². The van der Waals surface area contributed by atoms with Gasteiger partial charge in [-0.3, -0.25) is 14.8 Å². The van der Waals surface area contributed by atoms with Crippen LogP contribution >= 0.6 is 0 Å². The number of nitrogens with one attached hydrogen (secondary N) is 1. The van der Waals surface area contributed by atoms with Gasteiger partial charge in [-0.05, 0) is 44.7 Å². The number of rotatable bonds is 4. The lowest BCUT2D eigenvalue weighted by Gasteiger charge is -2.27. The molecule has 0 radical (unpaired) electrons. The molecule has 126 valence electrons. The summed E-state index contributed by atoms with van der Waals surface area (Å²) in [4.78, 5) is 14.7. The van der Waals surface area contributed by atoms with Crippen molar-refractivity contribution >= 4 is 11.6 Å². The fourth-order valence-electron chi connectivity index (χ4n) is 4.01. The molecule has 1 aromatic carbocycles. The van der Waals surface area contributed by atoms with E-state index >= 15 is 0 Å². The number of hydrogen-bond donors (Lipinski definition) is 1. The van der Waals surface area contributed by atoms with Gasteiger partial charge in [0.1, 0.15) is 0 Å². The molecule has 0 spiro atoms. The molecule has 2 heterocycles. The SMILES string of the molecule is CCn1ncc2c1CCC[C@H]2N[C@H]1CCN(c2ccccc2)C1=O. The van der Waals surface area contributed by atoms with Crippen molar-refractivity contribution in [1.82, 2.24) is 15.1 Å². The third-order valence-electron chi connectivity index (χ3n) is 5.24. The standard InChI is InChI=1S/C19H24N4O/c1-2-23-18-10-6-9-16(15(18)13-20-23)21-17-11-12-22(19(17)24)14-7-4-3-5-8-14/h3-5,7-8,13,16-17,21H,2,6,9-12H2,1H3/t16-,17+/m1/s1. The van der Waals surface area contributed by atoms with Crippen LogP contribution in [0.25, 0.3) is 0 Å². The molecule has 1 aliphatic carbocycles. The monoisotopic (exact) mass is 324 g/mol. The molecule has 0 bridgehead atoms. The smallest absolute Gasteiger partial charge is 0.244 e. The van der Waals surface area contributed by atoms with Crippen LogP contribution in [0.5, 0.6) is 0 Å². The van der Waals surface area contributed by atoms with Gasteiger partial charge in [-0.25, -0.2) is 0 Å². The van der Waals surface area contributed by atoms with E-state index in [0.717, 1.165) is 44.5 Å². The predicted molar refractivity (Wildman–Crippen MR) is 93.9 cm³/mol. The van der Waals surface area contributed by atoms with Crippen LogP contribution in [0.2, 0.25) is 0 Å². The van der Waals surface area contributed by atoms with Gasteiger partial charge in [0.05, 0.1) is 12.2 Å². The third-order valence-corrected chi connectivity index (χ3v) is 5.24. The van der Waals surface area contributed by atoms with Gasteiger partial charge in [-0.2, -0.15) is 5.10 Å². The summed E-state index contributed by atoms with van der Waals surface area (Å²) in [5.74, 6) is 0.191. The highest BCUT2D eigenvalue weighted by molar-refractivity contribution is 5.99. The molecule has 1 saturated heterocycles. The molecule has 2 aromatic rings. The van der Waals surface area contributed by atoms with Crippen molar-refractivity contribution < 1.29 is 4.79 Å². The molecule has 0 unspecified atom stereocenters. The molecule has 5 nitrogen and oxygen atoms in total. The molecule has 1 aromatic heterocycles. The highest BCUT2D eigenvalue weighted by atomic mass is 16.2. The minimum Gasteiger partial charge on any atom is -0.311 e. The number of aromatic nitrogens is 2. The molecule has 2 atom stereocenters. The first-order chi connectivity index (χ1) is 11.8. The maximum absolute atomic E-state index is 12.8. The van der Waals surface area contributed by atoms with Crippen molar-refractivity contribution in [1.29, 1.82) is 0 Å². The third kappa shape index (κ3) is 2.63. The van der Waals surface area contributed by atoms with Crippen LogP contribution < -0.4 is 10.2 Å². The fourth-order valence-corrected chi connectivity index (χ4v) is 4.01. The number of hydrogen-bond acceptors (Lipinski definition) is 3. The second-order valence-corrected chi connectivity index (χ2v) is 6.64. The van der Waals surface area contributed by atoms with E-state index < -0.39 is 0 Å². The van der Waals surface area contributed by atoms with Crippen LogP contribution in [-0.4, -0.2) is 28.3 Å². The lowest BCUT2D eigenvalue weighted by Crippen LogP contribution is -2.41. The zero-order valence-electron chi connectivity index (χ0n) is 14.1. The van der Waals surface area contributed by atoms with Crippen LogP contribution in [0.1, 0.15) is 43.5 Å². The van der Waals surface area contributed by atoms with E-state index in [1.807, 2.05) is 41.4 Å². The number of carbonyl (C=O) groups is 1. The van der Waals surface area contributed by atoms with E-state index in [0.29, 0.717) is 0 Å². The number of aryl methyl sites for hydroxylation is 1. The van der Waals surface area contributed by atoms with E-state index in [9.17, 15) is 4.79 Å². The van der Waals surface area contributed by atoms with Gasteiger partial charge in [-0.15, -0.1) is 0 Å². The average molecular weight is 324 g/mol. The topological polar surface area (TPSA) is 50.2 Å². The van der Waals surface area contributed by atoms with E-state index in [1.54, 1.807) is 0 Å². The van der Waals surface area contributed by atoms with Gasteiger partial charge >= 0.3 is 0 Å². The summed E-state index contributed by atoms with van der Waals surface area (Å²) in [6, 6.07) is 10.1. The fraction of sp³-hybridized carbons (Fsp3) is 0.474. The van der Waals surface area contributed by atoms with Crippen LogP contribution in [-0.2, 0) is 17.8 Å². The number of carbonyl (C=O) groups excluding carboxylic acids is 1. The summed E-state index contributed by atoms with van der Waals surface area (Å²) in [6.45, 7) is 3.82. The van der Waals surface area contributed by atoms with Gasteiger partial charge in [0, 0.05) is 36.1 Å². The maximum Gasteiger partial charge on any atom is 0.244 e. The summed E-state index contributed by atoms with van der Waals surface area (Å²) in [7, 11) is 0. The molecular weight excluding hydrogens is 300 g/mol. The van der Waals surface area contributed by atoms with E-state index in [4.69, 9.17) is 0 Å². The van der Waals surface area contributed by atoms with Gasteiger partial charge in [0.15, 0.2) is 0 Å². The Hall–Kier alpha value is -2.14. The Labute approximate surface area is 142 Å². The first kappa shape index (κ1) is 15.4. The highest BCUT2D eigenvalue weighted by Gasteiger charge is 2.35. The molecule has 1 N–H and O–H groups in total. The Bertz CT molecular complexity index is 724. The Balaban J connectivity index is 1.49. The minimum absolute atomic E-state index is 0.0915. The lowest BCUT2D eigenvalue weighted by atomic mass is 9.92. The summed E-state index contributed by atoms with van der Waals surface area (Å²) in [5.41, 5.74) is 3.62. The number of benzene rings is 1.